The summed E-state index contributed by atoms with van der Waals surface area (Å²) in [4.78, 5) is 46.7. The summed E-state index contributed by atoms with van der Waals surface area (Å²) >= 11 is 1.62. The van der Waals surface area contributed by atoms with Crippen LogP contribution < -0.4 is 5.32 Å². The highest BCUT2D eigenvalue weighted by molar-refractivity contribution is 7.18. The summed E-state index contributed by atoms with van der Waals surface area (Å²) in [5.41, 5.74) is 2.22. The highest BCUT2D eigenvalue weighted by Gasteiger charge is 2.31. The van der Waals surface area contributed by atoms with Gasteiger partial charge >= 0.3 is 0 Å². The first-order chi connectivity index (χ1) is 20.3. The summed E-state index contributed by atoms with van der Waals surface area (Å²) in [5, 5.41) is 13.5. The number of nitrogens with one attached hydrogen (secondary N) is 1. The quantitative estimate of drug-likeness (QED) is 0.259. The van der Waals surface area contributed by atoms with E-state index in [2.05, 4.69) is 42.3 Å². The second kappa shape index (κ2) is 16.1. The number of piperidine rings is 1. The molecule has 2 N–H and O–H groups in total. The molecule has 1 saturated carbocycles. The predicted molar refractivity (Wildman–Crippen MR) is 170 cm³/mol. The second-order valence-electron chi connectivity index (χ2n) is 12.8. The van der Waals surface area contributed by atoms with Crippen LogP contribution in [0, 0.1) is 17.8 Å². The number of amides is 1. The van der Waals surface area contributed by atoms with Crippen molar-refractivity contribution in [2.75, 3.05) is 26.2 Å². The molecule has 2 aromatic rings. The molecule has 4 rings (SSSR count). The molecule has 1 saturated heterocycles. The molecule has 2 fully saturated rings. The van der Waals surface area contributed by atoms with Crippen molar-refractivity contribution in [2.45, 2.75) is 110 Å². The fourth-order valence-corrected chi connectivity index (χ4v) is 7.80. The van der Waals surface area contributed by atoms with Gasteiger partial charge in [-0.25, -0.2) is 4.98 Å². The number of hydrogen-bond donors (Lipinski definition) is 2. The Labute approximate surface area is 255 Å². The van der Waals surface area contributed by atoms with Gasteiger partial charge in [0.25, 0.3) is 0 Å². The van der Waals surface area contributed by atoms with E-state index < -0.39 is 5.92 Å². The Morgan fingerprint density at radius 1 is 1.10 bits per heavy atom. The van der Waals surface area contributed by atoms with Crippen LogP contribution in [0.25, 0.3) is 10.2 Å². The Morgan fingerprint density at radius 2 is 1.83 bits per heavy atom. The molecule has 0 unspecified atom stereocenters. The third-order valence-corrected chi connectivity index (χ3v) is 10.5. The third kappa shape index (κ3) is 9.17. The molecule has 1 aromatic carbocycles. The molecule has 2 atom stereocenters. The second-order valence-corrected chi connectivity index (χ2v) is 14.0. The number of hydrogen-bond acceptors (Lipinski definition) is 7. The fraction of sp³-hybridized carbons (Fsp3) is 0.706. The Morgan fingerprint density at radius 3 is 2.50 bits per heavy atom. The highest BCUT2D eigenvalue weighted by Crippen LogP contribution is 2.31. The van der Waals surface area contributed by atoms with E-state index in [0.29, 0.717) is 49.8 Å². The van der Waals surface area contributed by atoms with Crippen LogP contribution in [-0.4, -0.2) is 64.7 Å². The summed E-state index contributed by atoms with van der Waals surface area (Å²) < 4.78 is 1.12. The van der Waals surface area contributed by atoms with Crippen molar-refractivity contribution in [1.29, 1.82) is 0 Å². The lowest BCUT2D eigenvalue weighted by Crippen LogP contribution is -2.45. The van der Waals surface area contributed by atoms with E-state index in [9.17, 15) is 19.5 Å². The van der Waals surface area contributed by atoms with E-state index in [1.54, 1.807) is 11.3 Å². The number of carbonyl (C=O) groups excluding carboxylic acids is 3. The standard InChI is InChI=1S/C34H51N3O4S/c1-4-28(39)20-27(22-33-35-30-11-10-26(23(2)3)21-32(30)42-33)34(41)36-29(24-8-6-5-7-9-24)12-13-31(40)25-14-16-37(17-15-25)18-19-38/h10-11,21,23-25,27,29,38H,4-9,12-20,22H2,1-3H3,(H,36,41)/t27-,29+/m0/s1. The number of thiazole rings is 1. The zero-order valence-electron chi connectivity index (χ0n) is 25.9. The molecule has 42 heavy (non-hydrogen) atoms. The molecule has 1 aromatic heterocycles. The van der Waals surface area contributed by atoms with E-state index in [-0.39, 0.29) is 36.7 Å². The molecular weight excluding hydrogens is 546 g/mol. The maximum absolute atomic E-state index is 13.9. The number of rotatable bonds is 15. The molecule has 1 aliphatic carbocycles. The number of fused-ring (bicyclic) bond motifs is 1. The van der Waals surface area contributed by atoms with Crippen LogP contribution in [-0.2, 0) is 20.8 Å². The highest BCUT2D eigenvalue weighted by atomic mass is 32.1. The number of aliphatic hydroxyl groups is 1. The van der Waals surface area contributed by atoms with Gasteiger partial charge in [-0.05, 0) is 74.7 Å². The number of benzene rings is 1. The van der Waals surface area contributed by atoms with Crippen molar-refractivity contribution in [3.8, 4) is 0 Å². The number of aromatic nitrogens is 1. The number of nitrogens with zero attached hydrogens (tertiary/aromatic N) is 2. The Hall–Kier alpha value is -2.16. The average Bonchev–Trinajstić information content (AvgIpc) is 3.41. The smallest absolute Gasteiger partial charge is 0.224 e. The Kier molecular flexibility index (Phi) is 12.5. The van der Waals surface area contributed by atoms with Crippen LogP contribution in [0.4, 0.5) is 0 Å². The molecule has 0 bridgehead atoms. The summed E-state index contributed by atoms with van der Waals surface area (Å²) in [7, 11) is 0. The molecule has 2 heterocycles. The van der Waals surface area contributed by atoms with Gasteiger partial charge in [-0.3, -0.25) is 14.4 Å². The average molecular weight is 598 g/mol. The van der Waals surface area contributed by atoms with Gasteiger partial charge in [0.1, 0.15) is 11.6 Å². The van der Waals surface area contributed by atoms with Gasteiger partial charge in [0.15, 0.2) is 0 Å². The minimum absolute atomic E-state index is 0.0422. The van der Waals surface area contributed by atoms with Crippen LogP contribution in [0.1, 0.15) is 108 Å². The maximum atomic E-state index is 13.9. The van der Waals surface area contributed by atoms with Crippen molar-refractivity contribution in [3.05, 3.63) is 28.8 Å². The summed E-state index contributed by atoms with van der Waals surface area (Å²) in [5.74, 6) is 0.758. The zero-order valence-corrected chi connectivity index (χ0v) is 26.7. The summed E-state index contributed by atoms with van der Waals surface area (Å²) in [6.45, 7) is 8.76. The fourth-order valence-electron chi connectivity index (χ4n) is 6.71. The van der Waals surface area contributed by atoms with Gasteiger partial charge in [0, 0.05) is 44.2 Å². The van der Waals surface area contributed by atoms with E-state index >= 15 is 0 Å². The lowest BCUT2D eigenvalue weighted by atomic mass is 9.80. The van der Waals surface area contributed by atoms with Gasteiger partial charge in [-0.2, -0.15) is 0 Å². The summed E-state index contributed by atoms with van der Waals surface area (Å²) in [6, 6.07) is 6.33. The molecule has 0 radical (unpaired) electrons. The molecule has 1 amide bonds. The molecule has 2 aliphatic rings. The monoisotopic (exact) mass is 597 g/mol. The zero-order chi connectivity index (χ0) is 30.1. The van der Waals surface area contributed by atoms with Gasteiger partial charge in [-0.15, -0.1) is 11.3 Å². The van der Waals surface area contributed by atoms with E-state index in [0.717, 1.165) is 66.8 Å². The molecule has 232 valence electrons. The first-order valence-electron chi connectivity index (χ1n) is 16.3. The number of carbonyl (C=O) groups is 3. The van der Waals surface area contributed by atoms with E-state index in [4.69, 9.17) is 4.98 Å². The van der Waals surface area contributed by atoms with E-state index in [1.807, 2.05) is 6.92 Å². The first-order valence-corrected chi connectivity index (χ1v) is 17.2. The Bertz CT molecular complexity index is 1180. The predicted octanol–water partition coefficient (Wildman–Crippen LogP) is 6.07. The Balaban J connectivity index is 1.43. The van der Waals surface area contributed by atoms with Crippen LogP contribution in [0.3, 0.4) is 0 Å². The van der Waals surface area contributed by atoms with Crippen molar-refractivity contribution < 1.29 is 19.5 Å². The van der Waals surface area contributed by atoms with Crippen LogP contribution in [0.2, 0.25) is 0 Å². The van der Waals surface area contributed by atoms with Crippen molar-refractivity contribution in [1.82, 2.24) is 15.2 Å². The molecule has 7 nitrogen and oxygen atoms in total. The SMILES string of the molecule is CCC(=O)C[C@@H](Cc1nc2ccc(C(C)C)cc2s1)C(=O)N[C@H](CCC(=O)C1CCN(CCO)CC1)C1CCCCC1. The minimum Gasteiger partial charge on any atom is -0.395 e. The number of Topliss-reactive ketones (excluding diaryl/α,β-unsaturated/α-hetero) is 2. The first kappa shape index (κ1) is 32.7. The number of ketones is 2. The summed E-state index contributed by atoms with van der Waals surface area (Å²) in [6.07, 6.45) is 9.65. The molecule has 0 spiro atoms. The molecule has 1 aliphatic heterocycles. The maximum Gasteiger partial charge on any atom is 0.224 e. The van der Waals surface area contributed by atoms with E-state index in [1.165, 1.54) is 12.0 Å². The number of aliphatic hydroxyl groups excluding tert-OH is 1. The minimum atomic E-state index is -0.458. The van der Waals surface area contributed by atoms with Crippen molar-refractivity contribution in [3.63, 3.8) is 0 Å². The molecule has 8 heteroatoms. The lowest BCUT2D eigenvalue weighted by molar-refractivity contribution is -0.130. The van der Waals surface area contributed by atoms with Gasteiger partial charge in [-0.1, -0.05) is 46.1 Å². The van der Waals surface area contributed by atoms with Gasteiger partial charge < -0.3 is 15.3 Å². The van der Waals surface area contributed by atoms with Crippen molar-refractivity contribution >= 4 is 39.0 Å². The van der Waals surface area contributed by atoms with Crippen LogP contribution in [0.5, 0.6) is 0 Å². The van der Waals surface area contributed by atoms with Crippen LogP contribution in [0.15, 0.2) is 18.2 Å². The van der Waals surface area contributed by atoms with Crippen LogP contribution >= 0.6 is 11.3 Å². The van der Waals surface area contributed by atoms with Crippen molar-refractivity contribution in [2.24, 2.45) is 17.8 Å². The number of β-amino-alcohol motifs (C(OH)–C–C–N with tert-alkyl or cyclic N) is 1. The topological polar surface area (TPSA) is 99.6 Å². The number of likely N-dealkylation sites (tertiary alicyclic amines) is 1. The normalized spacial score (nSPS) is 18.8. The largest absolute Gasteiger partial charge is 0.395 e. The third-order valence-electron chi connectivity index (χ3n) is 9.49. The van der Waals surface area contributed by atoms with Gasteiger partial charge in [0.2, 0.25) is 5.91 Å². The molecular formula is C34H51N3O4S. The van der Waals surface area contributed by atoms with Gasteiger partial charge in [0.05, 0.1) is 27.7 Å². The lowest BCUT2D eigenvalue weighted by Gasteiger charge is -2.33.